The molecule has 8 nitrogen and oxygen atoms in total. The molecule has 0 heterocycles. The highest BCUT2D eigenvalue weighted by atomic mass is 35.5. The van der Waals surface area contributed by atoms with Gasteiger partial charge in [-0.3, -0.25) is 4.79 Å². The van der Waals surface area contributed by atoms with Gasteiger partial charge >= 0.3 is 30.7 Å². The number of carbonyl (C=O) groups is 2. The van der Waals surface area contributed by atoms with E-state index < -0.39 is 103 Å². The molecule has 21 heteroatoms. The first-order valence-electron chi connectivity index (χ1n) is 12.3. The van der Waals surface area contributed by atoms with E-state index in [0.717, 1.165) is 6.08 Å². The highest BCUT2D eigenvalue weighted by Crippen LogP contribution is 2.44. The molecule has 0 aliphatic heterocycles. The van der Waals surface area contributed by atoms with Crippen LogP contribution >= 0.6 is 11.6 Å². The van der Waals surface area contributed by atoms with E-state index in [9.17, 15) is 67.4 Å². The van der Waals surface area contributed by atoms with Crippen LogP contribution in [0.25, 0.3) is 0 Å². The van der Waals surface area contributed by atoms with Gasteiger partial charge in [0.2, 0.25) is 5.24 Å². The minimum absolute atomic E-state index is 0.332. The van der Waals surface area contributed by atoms with E-state index in [1.54, 1.807) is 0 Å². The van der Waals surface area contributed by atoms with Crippen molar-refractivity contribution in [3.8, 4) is 0 Å². The largest absolute Gasteiger partial charge is 0.459 e. The number of ether oxygens (including phenoxy) is 1. The number of carbonyl (C=O) groups excluding carboxylic acids is 2. The number of alkyl halides is 12. The lowest BCUT2D eigenvalue weighted by Gasteiger charge is -2.36. The summed E-state index contributed by atoms with van der Waals surface area (Å²) in [4.78, 5) is 20.6. The van der Waals surface area contributed by atoms with E-state index in [1.807, 2.05) is 0 Å². The first kappa shape index (κ1) is 48.3. The lowest BCUT2D eigenvalue weighted by molar-refractivity contribution is -0.275. The Bertz CT molecular complexity index is 961. The van der Waals surface area contributed by atoms with Crippen molar-refractivity contribution in [3.63, 3.8) is 0 Å². The van der Waals surface area contributed by atoms with Crippen molar-refractivity contribution in [1.82, 2.24) is 0 Å². The van der Waals surface area contributed by atoms with Crippen LogP contribution in [0, 0.1) is 5.41 Å². The first-order valence-corrected chi connectivity index (χ1v) is 12.7. The molecule has 0 radical (unpaired) electrons. The Morgan fingerprint density at radius 3 is 1.20 bits per heavy atom. The monoisotopic (exact) mass is 726 g/mol. The van der Waals surface area contributed by atoms with Gasteiger partial charge in [0.1, 0.15) is 6.10 Å². The quantitative estimate of drug-likeness (QED) is 0.0776. The number of allylic oxidation sites excluding steroid dienone is 1. The van der Waals surface area contributed by atoms with Crippen molar-refractivity contribution in [1.29, 1.82) is 0 Å². The summed E-state index contributed by atoms with van der Waals surface area (Å²) in [7, 11) is 0. The smallest absolute Gasteiger partial charge is 0.417 e. The maximum Gasteiger partial charge on any atom is 0.417 e. The third-order valence-electron chi connectivity index (χ3n) is 6.04. The van der Waals surface area contributed by atoms with Crippen LogP contribution in [0.5, 0.6) is 0 Å². The average molecular weight is 727 g/mol. The van der Waals surface area contributed by atoms with Crippen molar-refractivity contribution in [2.24, 2.45) is 5.41 Å². The van der Waals surface area contributed by atoms with Gasteiger partial charge < -0.3 is 30.3 Å². The van der Waals surface area contributed by atoms with E-state index >= 15 is 0 Å². The van der Waals surface area contributed by atoms with Crippen molar-refractivity contribution in [2.75, 3.05) is 6.61 Å². The summed E-state index contributed by atoms with van der Waals surface area (Å²) in [6.45, 7) is 6.24. The average Bonchev–Trinajstić information content (AvgIpc) is 2.80. The predicted octanol–water partition coefficient (Wildman–Crippen LogP) is 5.43. The second-order valence-corrected chi connectivity index (χ2v) is 11.1. The Hall–Kier alpha value is -2.13. The second kappa shape index (κ2) is 17.3. The topological polar surface area (TPSA) is 145 Å². The van der Waals surface area contributed by atoms with Gasteiger partial charge in [-0.05, 0) is 45.4 Å². The number of hydrogen-bond acceptors (Lipinski definition) is 8. The molecule has 0 aromatic carbocycles. The van der Waals surface area contributed by atoms with Gasteiger partial charge in [-0.15, -0.1) is 0 Å². The van der Waals surface area contributed by atoms with Crippen LogP contribution in [-0.2, 0) is 14.3 Å². The molecule has 5 atom stereocenters. The maximum absolute atomic E-state index is 12.9. The summed E-state index contributed by atoms with van der Waals surface area (Å²) >= 11 is 4.71. The van der Waals surface area contributed by atoms with Crippen LogP contribution in [0.4, 0.5) is 52.7 Å². The molecule has 0 rings (SSSR count). The summed E-state index contributed by atoms with van der Waals surface area (Å²) in [5.41, 5.74) is -12.8. The van der Waals surface area contributed by atoms with Gasteiger partial charge in [0.25, 0.3) is 0 Å². The van der Waals surface area contributed by atoms with Crippen LogP contribution in [0.15, 0.2) is 25.3 Å². The van der Waals surface area contributed by atoms with Gasteiger partial charge in [-0.25, -0.2) is 4.79 Å². The molecule has 0 aromatic rings. The molecule has 0 aromatic heterocycles. The zero-order valence-electron chi connectivity index (χ0n) is 24.6. The summed E-state index contributed by atoms with van der Waals surface area (Å²) in [6.07, 6.45) is -27.9. The molecular formula is C25H35ClF12O8. The molecule has 5 N–H and O–H groups in total. The van der Waals surface area contributed by atoms with Gasteiger partial charge in [0, 0.05) is 31.8 Å². The third kappa shape index (κ3) is 16.6. The summed E-state index contributed by atoms with van der Waals surface area (Å²) in [5, 5.41) is 44.9. The van der Waals surface area contributed by atoms with E-state index in [-0.39, 0.29) is 0 Å². The van der Waals surface area contributed by atoms with Gasteiger partial charge in [-0.1, -0.05) is 13.2 Å². The van der Waals surface area contributed by atoms with Crippen LogP contribution < -0.4 is 0 Å². The molecule has 0 amide bonds. The maximum atomic E-state index is 12.9. The van der Waals surface area contributed by atoms with Gasteiger partial charge in [0.15, 0.2) is 16.8 Å². The predicted molar refractivity (Wildman–Crippen MR) is 137 cm³/mol. The lowest BCUT2D eigenvalue weighted by atomic mass is 9.81. The van der Waals surface area contributed by atoms with Crippen molar-refractivity contribution < 1.29 is 92.5 Å². The summed E-state index contributed by atoms with van der Waals surface area (Å²) < 4.78 is 155. The molecule has 0 aliphatic carbocycles. The Kier molecular flexibility index (Phi) is 18.2. The van der Waals surface area contributed by atoms with Crippen LogP contribution in [0.2, 0.25) is 0 Å². The minimum Gasteiger partial charge on any atom is -0.459 e. The van der Waals surface area contributed by atoms with Crippen LogP contribution in [0.1, 0.15) is 53.4 Å². The molecule has 274 valence electrons. The van der Waals surface area contributed by atoms with Crippen molar-refractivity contribution in [2.45, 2.75) is 107 Å². The second-order valence-electron chi connectivity index (χ2n) is 10.8. The SMILES string of the molecule is C=CC(=O)Cl.C=CC(=O)OC(CC(C)(O)C(F)(F)F)CC(C)(CO)C(F)(F)F.CC(O)(CC(O)CC(C)(O)C(F)(F)F)C(F)(F)F. The fourth-order valence-corrected chi connectivity index (χ4v) is 2.92. The molecular weight excluding hydrogens is 692 g/mol. The molecule has 0 saturated heterocycles. The number of halogens is 13. The Balaban J connectivity index is -0.000000714. The molecule has 46 heavy (non-hydrogen) atoms. The number of aliphatic hydroxyl groups excluding tert-OH is 2. The minimum atomic E-state index is -5.14. The first-order chi connectivity index (χ1) is 20.0. The Morgan fingerprint density at radius 1 is 0.674 bits per heavy atom. The fourth-order valence-electron chi connectivity index (χ4n) is 2.92. The fraction of sp³-hybridized carbons (Fsp3) is 0.760. The van der Waals surface area contributed by atoms with Crippen LogP contribution in [0.3, 0.4) is 0 Å². The number of esters is 1. The van der Waals surface area contributed by atoms with Crippen molar-refractivity contribution in [3.05, 3.63) is 25.3 Å². The van der Waals surface area contributed by atoms with Crippen LogP contribution in [-0.4, -0.2) is 97.1 Å². The molecule has 0 aliphatic rings. The molecule has 0 fully saturated rings. The van der Waals surface area contributed by atoms with E-state index in [0.29, 0.717) is 33.8 Å². The highest BCUT2D eigenvalue weighted by molar-refractivity contribution is 6.66. The summed E-state index contributed by atoms with van der Waals surface area (Å²) in [6, 6.07) is 0. The number of aliphatic hydroxyl groups is 5. The summed E-state index contributed by atoms with van der Waals surface area (Å²) in [5.74, 6) is -1.24. The third-order valence-corrected chi connectivity index (χ3v) is 6.20. The Labute approximate surface area is 260 Å². The molecule has 0 bridgehead atoms. The molecule has 0 saturated carbocycles. The van der Waals surface area contributed by atoms with Gasteiger partial charge in [0.05, 0.1) is 18.1 Å². The van der Waals surface area contributed by atoms with E-state index in [4.69, 9.17) is 32.0 Å². The molecule has 5 unspecified atom stereocenters. The van der Waals surface area contributed by atoms with E-state index in [1.165, 1.54) is 0 Å². The van der Waals surface area contributed by atoms with Crippen molar-refractivity contribution >= 4 is 22.8 Å². The lowest BCUT2D eigenvalue weighted by Crippen LogP contribution is -2.49. The zero-order chi connectivity index (χ0) is 38.0. The van der Waals surface area contributed by atoms with E-state index in [2.05, 4.69) is 17.9 Å². The van der Waals surface area contributed by atoms with Gasteiger partial charge in [-0.2, -0.15) is 52.7 Å². The molecule has 0 spiro atoms. The zero-order valence-corrected chi connectivity index (χ0v) is 25.4. The number of rotatable bonds is 12. The highest BCUT2D eigenvalue weighted by Gasteiger charge is 2.56. The Morgan fingerprint density at radius 2 is 0.978 bits per heavy atom. The number of hydrogen-bond donors (Lipinski definition) is 5. The normalized spacial score (nSPS) is 19.1. The standard InChI is InChI=1S/C13H18F6O4.C9H14F6O3.C3H3ClO/c1-4-9(21)23-8(6-11(3,22)13(17,18)19)5-10(2,7-20)12(14,15)16;1-6(17,8(10,11)12)3-5(16)4-7(2,18)9(13,14)15;1-2-3(4)5/h4,8,20,22H,1,5-7H2,2-3H3;5,16-18H,3-4H2,1-2H3;2H,1H2.